The monoisotopic (exact) mass is 432 g/mol. The number of anilines is 1. The van der Waals surface area contributed by atoms with Gasteiger partial charge < -0.3 is 16.2 Å². The second kappa shape index (κ2) is 9.30. The molecule has 0 saturated heterocycles. The van der Waals surface area contributed by atoms with Gasteiger partial charge in [0.25, 0.3) is 0 Å². The van der Waals surface area contributed by atoms with Crippen LogP contribution in [-0.4, -0.2) is 39.8 Å². The van der Waals surface area contributed by atoms with Gasteiger partial charge in [0, 0.05) is 52.9 Å². The summed E-state index contributed by atoms with van der Waals surface area (Å²) in [5.41, 5.74) is 10.5. The van der Waals surface area contributed by atoms with Gasteiger partial charge in [0.15, 0.2) is 0 Å². The molecule has 0 saturated carbocycles. The molecule has 0 bridgehead atoms. The van der Waals surface area contributed by atoms with Crippen molar-refractivity contribution in [1.29, 1.82) is 0 Å². The Labute approximate surface area is 165 Å². The van der Waals surface area contributed by atoms with Gasteiger partial charge in [0.05, 0.1) is 22.1 Å². The van der Waals surface area contributed by atoms with E-state index in [4.69, 9.17) is 16.2 Å². The summed E-state index contributed by atoms with van der Waals surface area (Å²) in [5, 5.41) is -0.313. The number of nitrogen functional groups attached to an aromatic ring is 1. The highest BCUT2D eigenvalue weighted by Gasteiger charge is 2.34. The first kappa shape index (κ1) is 22.1. The Bertz CT molecular complexity index is 988. The van der Waals surface area contributed by atoms with E-state index in [-0.39, 0.29) is 36.7 Å². The molecule has 1 unspecified atom stereocenters. The lowest BCUT2D eigenvalue weighted by Gasteiger charge is -2.10. The van der Waals surface area contributed by atoms with Crippen LogP contribution >= 0.6 is 11.3 Å². The third kappa shape index (κ3) is 5.18. The minimum Gasteiger partial charge on any atom is -0.398 e. The second-order valence-electron chi connectivity index (χ2n) is 5.64. The van der Waals surface area contributed by atoms with E-state index >= 15 is 0 Å². The summed E-state index contributed by atoms with van der Waals surface area (Å²) in [6.07, 6.45) is 0.330. The van der Waals surface area contributed by atoms with Crippen LogP contribution in [0, 0.1) is 0 Å². The molecule has 152 valence electrons. The first-order valence-electron chi connectivity index (χ1n) is 7.95. The lowest BCUT2D eigenvalue weighted by Crippen LogP contribution is -2.29. The zero-order valence-corrected chi connectivity index (χ0v) is 16.6. The van der Waals surface area contributed by atoms with Crippen LogP contribution in [0.1, 0.15) is 12.0 Å². The van der Waals surface area contributed by atoms with Gasteiger partial charge in [-0.2, -0.15) is 13.2 Å². The molecule has 0 amide bonds. The topological polar surface area (TPSA) is 104 Å². The summed E-state index contributed by atoms with van der Waals surface area (Å²) in [6, 6.07) is 0. The minimum atomic E-state index is -4.75. The van der Waals surface area contributed by atoms with E-state index in [0.29, 0.717) is 13.0 Å². The van der Waals surface area contributed by atoms with Crippen molar-refractivity contribution in [2.24, 2.45) is 5.73 Å². The highest BCUT2D eigenvalue weighted by atomic mass is 32.2. The lowest BCUT2D eigenvalue weighted by molar-refractivity contribution is -0.0689. The molecule has 28 heavy (non-hydrogen) atoms. The Balaban J connectivity index is 2.63. The zero-order valence-electron chi connectivity index (χ0n) is 15.0. The minimum absolute atomic E-state index is 0.0632. The third-order valence-corrected chi connectivity index (χ3v) is 6.59. The fourth-order valence-electron chi connectivity index (χ4n) is 2.34. The van der Waals surface area contributed by atoms with Gasteiger partial charge in [-0.15, -0.1) is 11.3 Å². The van der Waals surface area contributed by atoms with Crippen LogP contribution < -0.4 is 21.2 Å². The number of ether oxygens (including phenoxy) is 1. The average Bonchev–Trinajstić information content (AvgIpc) is 2.94. The molecule has 0 radical (unpaired) electrons. The molecule has 2 heterocycles. The second-order valence-corrected chi connectivity index (χ2v) is 8.51. The normalized spacial score (nSPS) is 14.8. The van der Waals surface area contributed by atoms with Crippen molar-refractivity contribution in [3.05, 3.63) is 40.1 Å². The number of nitrogens with two attached hydrogens (primary N) is 2. The Morgan fingerprint density at radius 3 is 2.61 bits per heavy atom. The van der Waals surface area contributed by atoms with Crippen LogP contribution in [-0.2, 0) is 15.5 Å². The number of allylic oxidation sites excluding steroid dienone is 1. The maximum Gasteiger partial charge on any atom is 0.417 e. The maximum absolute atomic E-state index is 13.8. The number of nitrogens with zero attached hydrogens (tertiary/aromatic N) is 2. The number of halogens is 3. The van der Waals surface area contributed by atoms with Crippen LogP contribution in [0.4, 0.5) is 18.9 Å². The number of aromatic nitrogens is 2. The highest BCUT2D eigenvalue weighted by Crippen LogP contribution is 2.30. The number of alkyl halides is 3. The Hall–Kier alpha value is -2.24. The Morgan fingerprint density at radius 2 is 2.04 bits per heavy atom. The van der Waals surface area contributed by atoms with E-state index in [1.165, 1.54) is 25.8 Å². The third-order valence-electron chi connectivity index (χ3n) is 3.64. The molecular formula is C17H19F3N4O2S2. The van der Waals surface area contributed by atoms with Crippen LogP contribution in [0.3, 0.4) is 0 Å². The first-order valence-corrected chi connectivity index (χ1v) is 10.1. The molecule has 0 aliphatic carbocycles. The summed E-state index contributed by atoms with van der Waals surface area (Å²) >= 11 is 0.882. The van der Waals surface area contributed by atoms with Crippen molar-refractivity contribution in [3.8, 4) is 0 Å². The van der Waals surface area contributed by atoms with Crippen molar-refractivity contribution in [3.63, 3.8) is 0 Å². The van der Waals surface area contributed by atoms with Crippen molar-refractivity contribution in [1.82, 2.24) is 9.97 Å². The smallest absolute Gasteiger partial charge is 0.398 e. The van der Waals surface area contributed by atoms with E-state index in [9.17, 15) is 17.4 Å². The molecule has 6 nitrogen and oxygen atoms in total. The summed E-state index contributed by atoms with van der Waals surface area (Å²) in [6.45, 7) is 4.05. The van der Waals surface area contributed by atoms with Crippen LogP contribution in [0.5, 0.6) is 0 Å². The SMILES string of the molecule is C=c1sc(S(=O)CCCOC)c(N)/c1=C(/C=C(\N)c1cncnc1)C(F)(F)F. The molecule has 0 fully saturated rings. The quantitative estimate of drug-likeness (QED) is 0.641. The van der Waals surface area contributed by atoms with Crippen LogP contribution in [0.15, 0.2) is 29.0 Å². The van der Waals surface area contributed by atoms with E-state index in [1.807, 2.05) is 0 Å². The molecule has 0 aliphatic rings. The molecule has 0 aromatic carbocycles. The fourth-order valence-corrected chi connectivity index (χ4v) is 4.94. The molecule has 2 aromatic heterocycles. The maximum atomic E-state index is 13.8. The van der Waals surface area contributed by atoms with Crippen molar-refractivity contribution < 1.29 is 22.1 Å². The molecular weight excluding hydrogens is 413 g/mol. The molecule has 11 heteroatoms. The Kier molecular flexibility index (Phi) is 7.33. The summed E-state index contributed by atoms with van der Waals surface area (Å²) in [4.78, 5) is 7.48. The molecule has 2 aromatic rings. The molecule has 1 atom stereocenters. The molecule has 2 rings (SSSR count). The van der Waals surface area contributed by atoms with Gasteiger partial charge in [-0.25, -0.2) is 9.97 Å². The molecule has 0 spiro atoms. The van der Waals surface area contributed by atoms with Gasteiger partial charge in [0.1, 0.15) is 10.5 Å². The largest absolute Gasteiger partial charge is 0.417 e. The van der Waals surface area contributed by atoms with Gasteiger partial charge in [-0.3, -0.25) is 4.21 Å². The number of hydrogen-bond acceptors (Lipinski definition) is 7. The summed E-state index contributed by atoms with van der Waals surface area (Å²) in [5.74, 6) is 0.220. The van der Waals surface area contributed by atoms with Gasteiger partial charge in [-0.1, -0.05) is 6.58 Å². The lowest BCUT2D eigenvalue weighted by atomic mass is 10.1. The van der Waals surface area contributed by atoms with E-state index in [1.54, 1.807) is 0 Å². The number of methoxy groups -OCH3 is 1. The van der Waals surface area contributed by atoms with Crippen molar-refractivity contribution >= 4 is 45.7 Å². The predicted molar refractivity (Wildman–Crippen MR) is 105 cm³/mol. The van der Waals surface area contributed by atoms with Crippen LogP contribution in [0.25, 0.3) is 17.8 Å². The number of rotatable bonds is 7. The fraction of sp³-hybridized carbons (Fsp3) is 0.294. The summed E-state index contributed by atoms with van der Waals surface area (Å²) < 4.78 is 58.8. The van der Waals surface area contributed by atoms with E-state index < -0.39 is 22.5 Å². The van der Waals surface area contributed by atoms with Gasteiger partial charge in [-0.05, 0) is 12.5 Å². The van der Waals surface area contributed by atoms with E-state index in [0.717, 1.165) is 17.4 Å². The Morgan fingerprint density at radius 1 is 1.39 bits per heavy atom. The van der Waals surface area contributed by atoms with E-state index in [2.05, 4.69) is 16.5 Å². The summed E-state index contributed by atoms with van der Waals surface area (Å²) in [7, 11) is -0.0494. The van der Waals surface area contributed by atoms with Gasteiger partial charge in [0.2, 0.25) is 0 Å². The van der Waals surface area contributed by atoms with Gasteiger partial charge >= 0.3 is 6.18 Å². The van der Waals surface area contributed by atoms with Crippen LogP contribution in [0.2, 0.25) is 0 Å². The predicted octanol–water partition coefficient (Wildman–Crippen LogP) is 1.39. The molecule has 4 N–H and O–H groups in total. The average molecular weight is 432 g/mol. The first-order chi connectivity index (χ1) is 13.2. The van der Waals surface area contributed by atoms with Crippen molar-refractivity contribution in [2.75, 3.05) is 25.2 Å². The number of hydrogen-bond donors (Lipinski definition) is 2. The number of thiophene rings is 1. The standard InChI is InChI=1S/C17H19F3N4O2S2/c1-10-14(15(22)16(27-10)28(25)5-3-4-26-2)12(17(18,19)20)6-13(21)11-7-23-9-24-8-11/h6-9H,1,3-5,21-22H2,2H3/b13-6-,14-12-. The molecule has 0 aliphatic heterocycles. The highest BCUT2D eigenvalue weighted by molar-refractivity contribution is 7.87. The zero-order chi connectivity index (χ0) is 20.9. The van der Waals surface area contributed by atoms with Crippen molar-refractivity contribution in [2.45, 2.75) is 16.8 Å².